The summed E-state index contributed by atoms with van der Waals surface area (Å²) in [4.78, 5) is 16.2. The van der Waals surface area contributed by atoms with Crippen molar-refractivity contribution < 1.29 is 31.1 Å². The second-order valence-corrected chi connectivity index (χ2v) is 7.15. The molecule has 0 bridgehead atoms. The van der Waals surface area contributed by atoms with Gasteiger partial charge >= 0.3 is 18.4 Å². The number of hydrogen-bond acceptors (Lipinski definition) is 2. The maximum Gasteiger partial charge on any atom is 0.418 e. The highest BCUT2D eigenvalue weighted by molar-refractivity contribution is 5.75. The molecular formula is C21H23F6N3O. The van der Waals surface area contributed by atoms with Crippen molar-refractivity contribution in [2.75, 3.05) is 0 Å². The van der Waals surface area contributed by atoms with Crippen molar-refractivity contribution in [2.24, 2.45) is 0 Å². The zero-order chi connectivity index (χ0) is 23.2. The lowest BCUT2D eigenvalue weighted by atomic mass is 9.98. The highest BCUT2D eigenvalue weighted by Gasteiger charge is 2.37. The van der Waals surface area contributed by atoms with Crippen LogP contribution in [0.3, 0.4) is 0 Å². The summed E-state index contributed by atoms with van der Waals surface area (Å²) in [5, 5.41) is 5.07. The number of amides is 2. The van der Waals surface area contributed by atoms with E-state index in [1.54, 1.807) is 6.92 Å². The molecule has 0 fully saturated rings. The summed E-state index contributed by atoms with van der Waals surface area (Å²) in [6, 6.07) is 3.09. The van der Waals surface area contributed by atoms with Gasteiger partial charge < -0.3 is 10.6 Å². The Kier molecular flexibility index (Phi) is 7.91. The Morgan fingerprint density at radius 3 is 2.19 bits per heavy atom. The zero-order valence-corrected chi connectivity index (χ0v) is 16.9. The standard InChI is InChI=1S/C21H23F6N3O/c1-3-4-6-13(2)29-19(31)30-17(14-8-10-15(11-9-14)20(22,23)24)18-16(21(25,26)27)7-5-12-28-18/h5,7-13,17H,3-4,6H2,1-2H3,(H2,29,30,31)/t13-,17-/m0/s1. The number of rotatable bonds is 7. The smallest absolute Gasteiger partial charge is 0.336 e. The fourth-order valence-electron chi connectivity index (χ4n) is 3.04. The van der Waals surface area contributed by atoms with E-state index in [9.17, 15) is 31.1 Å². The van der Waals surface area contributed by atoms with E-state index in [-0.39, 0.29) is 11.6 Å². The predicted octanol–water partition coefficient (Wildman–Crippen LogP) is 6.09. The molecule has 31 heavy (non-hydrogen) atoms. The molecule has 2 N–H and O–H groups in total. The molecule has 2 atom stereocenters. The van der Waals surface area contributed by atoms with Crippen molar-refractivity contribution in [3.63, 3.8) is 0 Å². The molecule has 0 saturated carbocycles. The minimum atomic E-state index is -4.76. The van der Waals surface area contributed by atoms with Gasteiger partial charge in [0.1, 0.15) is 0 Å². The number of nitrogens with zero attached hydrogens (tertiary/aromatic N) is 1. The summed E-state index contributed by atoms with van der Waals surface area (Å²) in [7, 11) is 0. The number of halogens is 6. The monoisotopic (exact) mass is 447 g/mol. The van der Waals surface area contributed by atoms with Crippen LogP contribution in [0.4, 0.5) is 31.1 Å². The molecule has 1 aromatic heterocycles. The topological polar surface area (TPSA) is 54.0 Å². The summed E-state index contributed by atoms with van der Waals surface area (Å²) in [5.41, 5.74) is -2.51. The Balaban J connectivity index is 2.41. The van der Waals surface area contributed by atoms with Crippen molar-refractivity contribution in [2.45, 2.75) is 57.5 Å². The van der Waals surface area contributed by atoms with E-state index in [2.05, 4.69) is 15.6 Å². The molecule has 0 aliphatic rings. The molecule has 1 heterocycles. The fraction of sp³-hybridized carbons (Fsp3) is 0.429. The molecule has 2 aromatic rings. The van der Waals surface area contributed by atoms with Gasteiger partial charge in [0, 0.05) is 12.2 Å². The fourth-order valence-corrected chi connectivity index (χ4v) is 3.04. The molecule has 4 nitrogen and oxygen atoms in total. The first kappa shape index (κ1) is 24.5. The number of carbonyl (C=O) groups is 1. The molecule has 0 aliphatic heterocycles. The molecule has 2 amide bonds. The molecular weight excluding hydrogens is 424 g/mol. The van der Waals surface area contributed by atoms with Crippen LogP contribution in [-0.2, 0) is 12.4 Å². The lowest BCUT2D eigenvalue weighted by Gasteiger charge is -2.24. The number of hydrogen-bond donors (Lipinski definition) is 2. The summed E-state index contributed by atoms with van der Waals surface area (Å²) in [5.74, 6) is 0. The molecule has 10 heteroatoms. The van der Waals surface area contributed by atoms with Crippen molar-refractivity contribution in [1.29, 1.82) is 0 Å². The lowest BCUT2D eigenvalue weighted by molar-refractivity contribution is -0.139. The maximum atomic E-state index is 13.5. The largest absolute Gasteiger partial charge is 0.418 e. The van der Waals surface area contributed by atoms with Crippen LogP contribution in [0, 0.1) is 0 Å². The quantitative estimate of drug-likeness (QED) is 0.505. The molecule has 0 saturated heterocycles. The third-order valence-corrected chi connectivity index (χ3v) is 4.63. The van der Waals surface area contributed by atoms with E-state index < -0.39 is 41.2 Å². The van der Waals surface area contributed by atoms with Crippen LogP contribution in [0.15, 0.2) is 42.6 Å². The van der Waals surface area contributed by atoms with Crippen LogP contribution in [0.5, 0.6) is 0 Å². The normalized spacial score (nSPS) is 14.1. The minimum Gasteiger partial charge on any atom is -0.336 e. The first-order chi connectivity index (χ1) is 14.4. The Morgan fingerprint density at radius 1 is 1.00 bits per heavy atom. The SMILES string of the molecule is CCCC[C@H](C)NC(=O)N[C@@H](c1ccc(C(F)(F)F)cc1)c1ncccc1C(F)(F)F. The van der Waals surface area contributed by atoms with Gasteiger partial charge in [0.25, 0.3) is 0 Å². The van der Waals surface area contributed by atoms with E-state index in [0.717, 1.165) is 55.4 Å². The molecule has 170 valence electrons. The number of nitrogens with one attached hydrogen (secondary N) is 2. The Morgan fingerprint density at radius 2 is 1.65 bits per heavy atom. The summed E-state index contributed by atoms with van der Waals surface area (Å²) >= 11 is 0. The minimum absolute atomic E-state index is 0.0357. The van der Waals surface area contributed by atoms with Crippen LogP contribution >= 0.6 is 0 Å². The van der Waals surface area contributed by atoms with Gasteiger partial charge in [-0.2, -0.15) is 26.3 Å². The number of alkyl halides is 6. The highest BCUT2D eigenvalue weighted by Crippen LogP contribution is 2.36. The van der Waals surface area contributed by atoms with E-state index >= 15 is 0 Å². The van der Waals surface area contributed by atoms with Crippen molar-refractivity contribution >= 4 is 6.03 Å². The molecule has 2 rings (SSSR count). The number of pyridine rings is 1. The highest BCUT2D eigenvalue weighted by atomic mass is 19.4. The van der Waals surface area contributed by atoms with Gasteiger partial charge in [0.05, 0.1) is 22.9 Å². The second-order valence-electron chi connectivity index (χ2n) is 7.15. The van der Waals surface area contributed by atoms with Crippen LogP contribution in [0.2, 0.25) is 0 Å². The number of benzene rings is 1. The van der Waals surface area contributed by atoms with Gasteiger partial charge in [-0.15, -0.1) is 0 Å². The summed E-state index contributed by atoms with van der Waals surface area (Å²) in [6.07, 6.45) is -5.81. The lowest BCUT2D eigenvalue weighted by Crippen LogP contribution is -2.43. The summed E-state index contributed by atoms with van der Waals surface area (Å²) in [6.45, 7) is 3.73. The Hall–Kier alpha value is -2.78. The molecule has 0 spiro atoms. The van der Waals surface area contributed by atoms with Crippen molar-refractivity contribution in [3.8, 4) is 0 Å². The van der Waals surface area contributed by atoms with Gasteiger partial charge in [-0.05, 0) is 43.2 Å². The van der Waals surface area contributed by atoms with Gasteiger partial charge in [0.15, 0.2) is 0 Å². The molecule has 0 radical (unpaired) electrons. The van der Waals surface area contributed by atoms with Crippen molar-refractivity contribution in [3.05, 3.63) is 65.0 Å². The second kappa shape index (κ2) is 10.0. The molecule has 0 aliphatic carbocycles. The van der Waals surface area contributed by atoms with E-state index in [1.807, 2.05) is 6.92 Å². The average molecular weight is 447 g/mol. The Bertz CT molecular complexity index is 865. The van der Waals surface area contributed by atoms with Crippen LogP contribution in [0.1, 0.15) is 61.5 Å². The Labute approximate surface area is 176 Å². The van der Waals surface area contributed by atoms with Crippen LogP contribution in [0.25, 0.3) is 0 Å². The first-order valence-electron chi connectivity index (χ1n) is 9.69. The van der Waals surface area contributed by atoms with Crippen LogP contribution in [-0.4, -0.2) is 17.1 Å². The number of aromatic nitrogens is 1. The summed E-state index contributed by atoms with van der Waals surface area (Å²) < 4.78 is 79.2. The molecule has 0 unspecified atom stereocenters. The van der Waals surface area contributed by atoms with Crippen molar-refractivity contribution in [1.82, 2.24) is 15.6 Å². The van der Waals surface area contributed by atoms with Gasteiger partial charge in [-0.3, -0.25) is 4.98 Å². The third kappa shape index (κ3) is 6.86. The molecule has 1 aromatic carbocycles. The van der Waals surface area contributed by atoms with Gasteiger partial charge in [0.2, 0.25) is 0 Å². The third-order valence-electron chi connectivity index (χ3n) is 4.63. The van der Waals surface area contributed by atoms with E-state index in [4.69, 9.17) is 0 Å². The maximum absolute atomic E-state index is 13.5. The van der Waals surface area contributed by atoms with Crippen LogP contribution < -0.4 is 10.6 Å². The predicted molar refractivity (Wildman–Crippen MR) is 103 cm³/mol. The van der Waals surface area contributed by atoms with E-state index in [1.165, 1.54) is 0 Å². The first-order valence-corrected chi connectivity index (χ1v) is 9.69. The zero-order valence-electron chi connectivity index (χ0n) is 16.9. The number of urea groups is 1. The average Bonchev–Trinajstić information content (AvgIpc) is 2.69. The van der Waals surface area contributed by atoms with E-state index in [0.29, 0.717) is 6.42 Å². The number of unbranched alkanes of at least 4 members (excludes halogenated alkanes) is 1. The van der Waals surface area contributed by atoms with Gasteiger partial charge in [-0.25, -0.2) is 4.79 Å². The number of carbonyl (C=O) groups excluding carboxylic acids is 1. The van der Waals surface area contributed by atoms with Gasteiger partial charge in [-0.1, -0.05) is 31.9 Å².